The Morgan fingerprint density at radius 1 is 1.27 bits per heavy atom. The molecule has 2 rings (SSSR count). The van der Waals surface area contributed by atoms with Crippen LogP contribution >= 0.6 is 22.6 Å². The van der Waals surface area contributed by atoms with E-state index in [1.54, 1.807) is 7.11 Å². The molecule has 0 aliphatic heterocycles. The molecule has 0 unspecified atom stereocenters. The number of ether oxygens (including phenoxy) is 1. The van der Waals surface area contributed by atoms with Crippen LogP contribution in [0.4, 0.5) is 0 Å². The van der Waals surface area contributed by atoms with Crippen LogP contribution in [0.2, 0.25) is 0 Å². The first-order valence-electron chi connectivity index (χ1n) is 4.42. The van der Waals surface area contributed by atoms with Gasteiger partial charge < -0.3 is 4.74 Å². The van der Waals surface area contributed by atoms with Crippen LogP contribution in [-0.2, 0) is 0 Å². The maximum absolute atomic E-state index is 8.83. The van der Waals surface area contributed by atoms with E-state index in [1.165, 1.54) is 0 Å². The predicted octanol–water partition coefficient (Wildman–Crippen LogP) is 3.32. The standard InChI is InChI=1S/C12H8INO/c1-15-11-5-4-9-3-2-8(7-14)6-10(9)12(11)13/h2-6H,1H3. The third kappa shape index (κ3) is 1.77. The molecule has 0 heterocycles. The Hall–Kier alpha value is -1.28. The molecule has 0 amide bonds. The van der Waals surface area contributed by atoms with Gasteiger partial charge in [0.1, 0.15) is 5.75 Å². The van der Waals surface area contributed by atoms with Gasteiger partial charge >= 0.3 is 0 Å². The summed E-state index contributed by atoms with van der Waals surface area (Å²) in [6.45, 7) is 0. The van der Waals surface area contributed by atoms with Crippen molar-refractivity contribution in [2.24, 2.45) is 0 Å². The van der Waals surface area contributed by atoms with Crippen LogP contribution in [0.15, 0.2) is 30.3 Å². The minimum Gasteiger partial charge on any atom is -0.496 e. The van der Waals surface area contributed by atoms with Gasteiger partial charge in [0, 0.05) is 5.39 Å². The Bertz CT molecular complexity index is 557. The van der Waals surface area contributed by atoms with Crippen molar-refractivity contribution in [3.8, 4) is 11.8 Å². The lowest BCUT2D eigenvalue weighted by Crippen LogP contribution is -1.88. The average Bonchev–Trinajstić information content (AvgIpc) is 2.29. The lowest BCUT2D eigenvalue weighted by Gasteiger charge is -2.06. The molecule has 0 spiro atoms. The fourth-order valence-corrected chi connectivity index (χ4v) is 2.36. The van der Waals surface area contributed by atoms with Crippen LogP contribution in [0.3, 0.4) is 0 Å². The molecule has 0 aliphatic rings. The average molecular weight is 309 g/mol. The quantitative estimate of drug-likeness (QED) is 0.757. The van der Waals surface area contributed by atoms with Crippen molar-refractivity contribution in [3.63, 3.8) is 0 Å². The van der Waals surface area contributed by atoms with E-state index in [0.717, 1.165) is 20.1 Å². The first-order chi connectivity index (χ1) is 7.26. The van der Waals surface area contributed by atoms with Crippen LogP contribution in [0.1, 0.15) is 5.56 Å². The highest BCUT2D eigenvalue weighted by Crippen LogP contribution is 2.29. The number of rotatable bonds is 1. The monoisotopic (exact) mass is 309 g/mol. The summed E-state index contributed by atoms with van der Waals surface area (Å²) in [5.74, 6) is 0.846. The fraction of sp³-hybridized carbons (Fsp3) is 0.0833. The van der Waals surface area contributed by atoms with Crippen LogP contribution in [0.25, 0.3) is 10.8 Å². The second-order valence-corrected chi connectivity index (χ2v) is 4.21. The first-order valence-corrected chi connectivity index (χ1v) is 5.50. The topological polar surface area (TPSA) is 33.0 Å². The smallest absolute Gasteiger partial charge is 0.132 e. The molecule has 3 heteroatoms. The molecule has 0 aliphatic carbocycles. The van der Waals surface area contributed by atoms with Crippen molar-refractivity contribution in [1.82, 2.24) is 0 Å². The number of nitriles is 1. The number of halogens is 1. The Morgan fingerprint density at radius 2 is 2.00 bits per heavy atom. The summed E-state index contributed by atoms with van der Waals surface area (Å²) in [5, 5.41) is 11.0. The molecular formula is C12H8INO. The van der Waals surface area contributed by atoms with Gasteiger partial charge in [-0.15, -0.1) is 0 Å². The zero-order valence-electron chi connectivity index (χ0n) is 8.12. The number of hydrogen-bond donors (Lipinski definition) is 0. The molecular weight excluding hydrogens is 301 g/mol. The number of methoxy groups -OCH3 is 1. The summed E-state index contributed by atoms with van der Waals surface area (Å²) in [6.07, 6.45) is 0. The van der Waals surface area contributed by atoms with Crippen LogP contribution in [0.5, 0.6) is 5.75 Å². The molecule has 2 nitrogen and oxygen atoms in total. The number of benzene rings is 2. The van der Waals surface area contributed by atoms with E-state index in [2.05, 4.69) is 28.7 Å². The van der Waals surface area contributed by atoms with Crippen molar-refractivity contribution in [2.45, 2.75) is 0 Å². The van der Waals surface area contributed by atoms with E-state index in [-0.39, 0.29) is 0 Å². The second kappa shape index (κ2) is 4.07. The van der Waals surface area contributed by atoms with E-state index in [9.17, 15) is 0 Å². The summed E-state index contributed by atoms with van der Waals surface area (Å²) in [5.41, 5.74) is 0.675. The van der Waals surface area contributed by atoms with E-state index < -0.39 is 0 Å². The summed E-state index contributed by atoms with van der Waals surface area (Å²) in [4.78, 5) is 0. The molecule has 0 saturated heterocycles. The Balaban J connectivity index is 2.79. The summed E-state index contributed by atoms with van der Waals surface area (Å²) >= 11 is 2.24. The van der Waals surface area contributed by atoms with Crippen molar-refractivity contribution in [3.05, 3.63) is 39.5 Å². The molecule has 0 bridgehead atoms. The molecule has 0 aromatic heterocycles. The van der Waals surface area contributed by atoms with Gasteiger partial charge in [0.25, 0.3) is 0 Å². The highest BCUT2D eigenvalue weighted by molar-refractivity contribution is 14.1. The van der Waals surface area contributed by atoms with Gasteiger partial charge in [-0.2, -0.15) is 5.26 Å². The van der Waals surface area contributed by atoms with Crippen LogP contribution < -0.4 is 4.74 Å². The second-order valence-electron chi connectivity index (χ2n) is 3.13. The third-order valence-electron chi connectivity index (χ3n) is 2.27. The van der Waals surface area contributed by atoms with E-state index in [1.807, 2.05) is 30.3 Å². The maximum Gasteiger partial charge on any atom is 0.132 e. The zero-order valence-corrected chi connectivity index (χ0v) is 10.3. The molecule has 74 valence electrons. The summed E-state index contributed by atoms with van der Waals surface area (Å²) < 4.78 is 6.28. The van der Waals surface area contributed by atoms with Gasteiger partial charge in [0.15, 0.2) is 0 Å². The lowest BCUT2D eigenvalue weighted by molar-refractivity contribution is 0.412. The van der Waals surface area contributed by atoms with Crippen LogP contribution in [-0.4, -0.2) is 7.11 Å². The Kier molecular flexibility index (Phi) is 2.78. The maximum atomic E-state index is 8.83. The highest BCUT2D eigenvalue weighted by Gasteiger charge is 2.05. The largest absolute Gasteiger partial charge is 0.496 e. The molecule has 2 aromatic carbocycles. The molecule has 0 saturated carbocycles. The normalized spacial score (nSPS) is 9.93. The van der Waals surface area contributed by atoms with Gasteiger partial charge in [0.2, 0.25) is 0 Å². The van der Waals surface area contributed by atoms with Crippen molar-refractivity contribution < 1.29 is 4.74 Å². The molecule has 0 atom stereocenters. The molecule has 0 fully saturated rings. The summed E-state index contributed by atoms with van der Waals surface area (Å²) in [6, 6.07) is 11.7. The number of hydrogen-bond acceptors (Lipinski definition) is 2. The molecule has 15 heavy (non-hydrogen) atoms. The Morgan fingerprint density at radius 3 is 2.67 bits per heavy atom. The van der Waals surface area contributed by atoms with Gasteiger partial charge in [-0.25, -0.2) is 0 Å². The van der Waals surface area contributed by atoms with Crippen molar-refractivity contribution in [2.75, 3.05) is 7.11 Å². The third-order valence-corrected chi connectivity index (χ3v) is 3.38. The molecule has 0 N–H and O–H groups in total. The van der Waals surface area contributed by atoms with Gasteiger partial charge in [-0.1, -0.05) is 12.1 Å². The lowest BCUT2D eigenvalue weighted by atomic mass is 10.1. The van der Waals surface area contributed by atoms with E-state index in [4.69, 9.17) is 10.00 Å². The van der Waals surface area contributed by atoms with E-state index >= 15 is 0 Å². The minimum atomic E-state index is 0.675. The predicted molar refractivity (Wildman–Crippen MR) is 67.9 cm³/mol. The SMILES string of the molecule is COc1ccc2ccc(C#N)cc2c1I. The minimum absolute atomic E-state index is 0.675. The summed E-state index contributed by atoms with van der Waals surface area (Å²) in [7, 11) is 1.65. The Labute approximate surface area is 102 Å². The number of nitrogens with zero attached hydrogens (tertiary/aromatic N) is 1. The van der Waals surface area contributed by atoms with E-state index in [0.29, 0.717) is 5.56 Å². The van der Waals surface area contributed by atoms with Crippen molar-refractivity contribution >= 4 is 33.4 Å². The van der Waals surface area contributed by atoms with Gasteiger partial charge in [-0.05, 0) is 46.2 Å². The van der Waals surface area contributed by atoms with Gasteiger partial charge in [0.05, 0.1) is 22.3 Å². The fourth-order valence-electron chi connectivity index (χ4n) is 1.49. The number of fused-ring (bicyclic) bond motifs is 1. The molecule has 0 radical (unpaired) electrons. The first kappa shape index (κ1) is 10.2. The van der Waals surface area contributed by atoms with Gasteiger partial charge in [-0.3, -0.25) is 0 Å². The molecule has 2 aromatic rings. The van der Waals surface area contributed by atoms with Crippen molar-refractivity contribution in [1.29, 1.82) is 5.26 Å². The highest BCUT2D eigenvalue weighted by atomic mass is 127. The zero-order chi connectivity index (χ0) is 10.8. The van der Waals surface area contributed by atoms with Crippen LogP contribution in [0, 0.1) is 14.9 Å².